The summed E-state index contributed by atoms with van der Waals surface area (Å²) in [6, 6.07) is 8.76. The second-order valence-electron chi connectivity index (χ2n) is 7.55. The molecule has 0 unspecified atom stereocenters. The van der Waals surface area contributed by atoms with E-state index in [4.69, 9.17) is 14.7 Å². The Kier molecular flexibility index (Phi) is 4.11. The first-order chi connectivity index (χ1) is 13.3. The van der Waals surface area contributed by atoms with E-state index in [0.29, 0.717) is 11.9 Å². The number of nitrogens with zero attached hydrogens (tertiary/aromatic N) is 3. The van der Waals surface area contributed by atoms with Gasteiger partial charge in [0.2, 0.25) is 0 Å². The molecule has 3 heterocycles. The normalized spacial score (nSPS) is 17.4. The number of aliphatic imine (C=N–C) groups is 1. The second-order valence-corrected chi connectivity index (χ2v) is 7.55. The summed E-state index contributed by atoms with van der Waals surface area (Å²) in [5.41, 5.74) is 2.22. The highest BCUT2D eigenvalue weighted by atomic mass is 16.5. The minimum Gasteiger partial charge on any atom is -0.426 e. The Bertz CT molecular complexity index is 980. The lowest BCUT2D eigenvalue weighted by Gasteiger charge is -2.27. The summed E-state index contributed by atoms with van der Waals surface area (Å²) in [6.07, 6.45) is 8.05. The fraction of sp³-hybridized carbons (Fsp3) is 0.429. The van der Waals surface area contributed by atoms with Gasteiger partial charge in [-0.15, -0.1) is 0 Å². The molecule has 1 aromatic carbocycles. The maximum absolute atomic E-state index is 6.20. The van der Waals surface area contributed by atoms with Gasteiger partial charge >= 0.3 is 0 Å². The van der Waals surface area contributed by atoms with Gasteiger partial charge in [-0.2, -0.15) is 4.99 Å². The van der Waals surface area contributed by atoms with Gasteiger partial charge in [0, 0.05) is 29.6 Å². The lowest BCUT2D eigenvalue weighted by atomic mass is 10.1. The Morgan fingerprint density at radius 1 is 1.22 bits per heavy atom. The number of aromatic amines is 2. The van der Waals surface area contributed by atoms with Crippen LogP contribution in [0.15, 0.2) is 35.5 Å². The van der Waals surface area contributed by atoms with Crippen LogP contribution in [0.25, 0.3) is 10.9 Å². The van der Waals surface area contributed by atoms with E-state index in [1.165, 1.54) is 25.7 Å². The highest BCUT2D eigenvalue weighted by molar-refractivity contribution is 5.84. The fourth-order valence-electron chi connectivity index (χ4n) is 4.17. The number of ether oxygens (including phenoxy) is 1. The van der Waals surface area contributed by atoms with Crippen molar-refractivity contribution in [2.45, 2.75) is 51.5 Å². The number of amidine groups is 1. The molecule has 0 radical (unpaired) electrons. The molecule has 6 heteroatoms. The van der Waals surface area contributed by atoms with Crippen LogP contribution in [-0.4, -0.2) is 32.4 Å². The first-order valence-electron chi connectivity index (χ1n) is 9.97. The summed E-state index contributed by atoms with van der Waals surface area (Å²) < 4.78 is 6.20. The van der Waals surface area contributed by atoms with Crippen LogP contribution in [-0.2, 0) is 6.54 Å². The summed E-state index contributed by atoms with van der Waals surface area (Å²) in [7, 11) is 0. The SMILES string of the molecule is CCCN1Cc2[nH]c(C3CCCC3)nc2N=C1Oc1ccc2[nH]ccc2c1. The average molecular weight is 363 g/mol. The Morgan fingerprint density at radius 2 is 2.11 bits per heavy atom. The molecule has 0 atom stereocenters. The van der Waals surface area contributed by atoms with Crippen molar-refractivity contribution in [1.29, 1.82) is 0 Å². The summed E-state index contributed by atoms with van der Waals surface area (Å²) >= 11 is 0. The molecule has 3 aromatic rings. The molecule has 0 amide bonds. The van der Waals surface area contributed by atoms with E-state index >= 15 is 0 Å². The molecule has 140 valence electrons. The third-order valence-electron chi connectivity index (χ3n) is 5.57. The van der Waals surface area contributed by atoms with Gasteiger partial charge in [-0.05, 0) is 43.5 Å². The maximum atomic E-state index is 6.20. The maximum Gasteiger partial charge on any atom is 0.300 e. The number of aromatic nitrogens is 3. The van der Waals surface area contributed by atoms with Crippen LogP contribution in [0, 0.1) is 0 Å². The van der Waals surface area contributed by atoms with Crippen LogP contribution in [0.5, 0.6) is 5.75 Å². The van der Waals surface area contributed by atoms with E-state index in [1.54, 1.807) is 0 Å². The van der Waals surface area contributed by atoms with Gasteiger partial charge < -0.3 is 19.6 Å². The molecule has 2 aromatic heterocycles. The van der Waals surface area contributed by atoms with E-state index < -0.39 is 0 Å². The van der Waals surface area contributed by atoms with Crippen molar-refractivity contribution in [3.8, 4) is 5.75 Å². The van der Waals surface area contributed by atoms with Gasteiger partial charge in [0.05, 0.1) is 12.2 Å². The molecule has 1 saturated carbocycles. The Morgan fingerprint density at radius 3 is 2.96 bits per heavy atom. The van der Waals surface area contributed by atoms with Crippen molar-refractivity contribution in [1.82, 2.24) is 19.9 Å². The van der Waals surface area contributed by atoms with E-state index in [9.17, 15) is 0 Å². The van der Waals surface area contributed by atoms with Crippen LogP contribution in [0.1, 0.15) is 56.5 Å². The largest absolute Gasteiger partial charge is 0.426 e. The molecule has 1 aliphatic heterocycles. The van der Waals surface area contributed by atoms with E-state index in [2.05, 4.69) is 21.8 Å². The van der Waals surface area contributed by atoms with E-state index in [1.807, 2.05) is 30.5 Å². The molecule has 0 saturated heterocycles. The second kappa shape index (κ2) is 6.76. The summed E-state index contributed by atoms with van der Waals surface area (Å²) in [6.45, 7) is 3.85. The molecule has 0 spiro atoms. The monoisotopic (exact) mass is 363 g/mol. The van der Waals surface area contributed by atoms with Gasteiger partial charge in [-0.3, -0.25) is 0 Å². The van der Waals surface area contributed by atoms with Crippen LogP contribution in [0.2, 0.25) is 0 Å². The molecule has 27 heavy (non-hydrogen) atoms. The first-order valence-corrected chi connectivity index (χ1v) is 9.97. The van der Waals surface area contributed by atoms with Crippen molar-refractivity contribution in [3.05, 3.63) is 42.0 Å². The number of rotatable bonds is 4. The zero-order valence-electron chi connectivity index (χ0n) is 15.7. The number of H-pyrrole nitrogens is 2. The smallest absolute Gasteiger partial charge is 0.300 e. The standard InChI is InChI=1S/C21H25N5O/c1-2-11-26-13-18-20(24-19(23-18)14-5-3-4-6-14)25-21(26)27-16-7-8-17-15(12-16)9-10-22-17/h7-10,12,14,22H,2-6,11,13H2,1H3,(H,23,24). The number of hydrogen-bond acceptors (Lipinski definition) is 4. The molecular formula is C21H25N5O. The molecular weight excluding hydrogens is 338 g/mol. The summed E-state index contributed by atoms with van der Waals surface area (Å²) in [4.78, 5) is 18.5. The number of nitrogens with one attached hydrogen (secondary N) is 2. The third-order valence-corrected chi connectivity index (χ3v) is 5.57. The summed E-state index contributed by atoms with van der Waals surface area (Å²) in [5.74, 6) is 3.26. The topological polar surface area (TPSA) is 69.3 Å². The van der Waals surface area contributed by atoms with E-state index in [0.717, 1.165) is 53.5 Å². The predicted octanol–water partition coefficient (Wildman–Crippen LogP) is 4.84. The zero-order chi connectivity index (χ0) is 18.2. The molecule has 2 N–H and O–H groups in total. The number of hydrogen-bond donors (Lipinski definition) is 2. The zero-order valence-corrected chi connectivity index (χ0v) is 15.7. The van der Waals surface area contributed by atoms with Crippen LogP contribution < -0.4 is 4.74 Å². The fourth-order valence-corrected chi connectivity index (χ4v) is 4.17. The minimum absolute atomic E-state index is 0.561. The van der Waals surface area contributed by atoms with Crippen LogP contribution >= 0.6 is 0 Å². The molecule has 1 aliphatic carbocycles. The van der Waals surface area contributed by atoms with Gasteiger partial charge in [0.25, 0.3) is 6.02 Å². The summed E-state index contributed by atoms with van der Waals surface area (Å²) in [5, 5.41) is 1.13. The minimum atomic E-state index is 0.561. The number of fused-ring (bicyclic) bond motifs is 2. The molecule has 2 aliphatic rings. The van der Waals surface area contributed by atoms with Gasteiger partial charge in [-0.1, -0.05) is 19.8 Å². The first kappa shape index (κ1) is 16.4. The highest BCUT2D eigenvalue weighted by Crippen LogP contribution is 2.35. The lowest BCUT2D eigenvalue weighted by Crippen LogP contribution is -2.37. The number of benzene rings is 1. The number of imidazole rings is 1. The predicted molar refractivity (Wildman–Crippen MR) is 107 cm³/mol. The van der Waals surface area contributed by atoms with Crippen molar-refractivity contribution >= 4 is 22.7 Å². The Hall–Kier alpha value is -2.76. The molecule has 0 bridgehead atoms. The molecule has 6 nitrogen and oxygen atoms in total. The van der Waals surface area contributed by atoms with Crippen molar-refractivity contribution in [2.24, 2.45) is 4.99 Å². The van der Waals surface area contributed by atoms with Gasteiger partial charge in [0.1, 0.15) is 11.6 Å². The highest BCUT2D eigenvalue weighted by Gasteiger charge is 2.27. The van der Waals surface area contributed by atoms with Gasteiger partial charge in [-0.25, -0.2) is 4.98 Å². The Balaban J connectivity index is 1.45. The third kappa shape index (κ3) is 3.09. The average Bonchev–Trinajstić information content (AvgIpc) is 3.41. The lowest BCUT2D eigenvalue weighted by molar-refractivity contribution is 0.324. The molecule has 5 rings (SSSR count). The quantitative estimate of drug-likeness (QED) is 0.697. The van der Waals surface area contributed by atoms with Crippen molar-refractivity contribution in [2.75, 3.05) is 6.54 Å². The van der Waals surface area contributed by atoms with Gasteiger partial charge in [0.15, 0.2) is 5.82 Å². The van der Waals surface area contributed by atoms with Crippen LogP contribution in [0.3, 0.4) is 0 Å². The van der Waals surface area contributed by atoms with Crippen molar-refractivity contribution in [3.63, 3.8) is 0 Å². The van der Waals surface area contributed by atoms with Crippen LogP contribution in [0.4, 0.5) is 5.82 Å². The Labute approximate surface area is 158 Å². The van der Waals surface area contributed by atoms with E-state index in [-0.39, 0.29) is 0 Å². The van der Waals surface area contributed by atoms with Crippen molar-refractivity contribution < 1.29 is 4.74 Å². The molecule has 1 fully saturated rings.